The van der Waals surface area contributed by atoms with Crippen LogP contribution >= 0.6 is 0 Å². The summed E-state index contributed by atoms with van der Waals surface area (Å²) in [5, 5.41) is 3.37. The van der Waals surface area contributed by atoms with Crippen molar-refractivity contribution in [3.8, 4) is 11.6 Å². The van der Waals surface area contributed by atoms with Crippen molar-refractivity contribution < 1.29 is 31.1 Å². The molecule has 0 radical (unpaired) electrons. The number of rotatable bonds is 8. The summed E-state index contributed by atoms with van der Waals surface area (Å²) >= 11 is 0. The summed E-state index contributed by atoms with van der Waals surface area (Å²) < 4.78 is 60.6. The summed E-state index contributed by atoms with van der Waals surface area (Å²) in [5.74, 6) is -6.02. The van der Waals surface area contributed by atoms with Gasteiger partial charge in [-0.05, 0) is 30.9 Å². The average molecular weight is 426 g/mol. The van der Waals surface area contributed by atoms with Crippen LogP contribution < -0.4 is 10.1 Å². The second kappa shape index (κ2) is 7.94. The topological polar surface area (TPSA) is 98.5 Å². The summed E-state index contributed by atoms with van der Waals surface area (Å²) in [5.41, 5.74) is 0. The Balaban J connectivity index is 1.87. The molecule has 3 rings (SSSR count). The molecule has 1 atom stereocenters. The van der Waals surface area contributed by atoms with E-state index in [2.05, 4.69) is 10.3 Å². The molecule has 0 unspecified atom stereocenters. The minimum Gasteiger partial charge on any atom is -0.435 e. The van der Waals surface area contributed by atoms with Gasteiger partial charge in [-0.3, -0.25) is 10.1 Å². The van der Waals surface area contributed by atoms with Crippen LogP contribution in [-0.4, -0.2) is 25.6 Å². The fourth-order valence-corrected chi connectivity index (χ4v) is 3.03. The van der Waals surface area contributed by atoms with Crippen LogP contribution in [0.15, 0.2) is 46.2 Å². The number of hydrogen-bond donors (Lipinski definition) is 1. The van der Waals surface area contributed by atoms with Gasteiger partial charge in [0.2, 0.25) is 5.91 Å². The van der Waals surface area contributed by atoms with E-state index in [1.165, 1.54) is 6.08 Å². The molecule has 1 fully saturated rings. The van der Waals surface area contributed by atoms with E-state index in [4.69, 9.17) is 9.15 Å². The maximum Gasteiger partial charge on any atom is 0.319 e. The van der Waals surface area contributed by atoms with Gasteiger partial charge in [0, 0.05) is 18.6 Å². The van der Waals surface area contributed by atoms with Crippen LogP contribution in [0.1, 0.15) is 25.7 Å². The van der Waals surface area contributed by atoms with Gasteiger partial charge in [0.05, 0.1) is 5.92 Å². The van der Waals surface area contributed by atoms with Crippen molar-refractivity contribution >= 4 is 21.6 Å². The molecule has 1 aliphatic rings. The number of carbonyl (C=O) groups is 1. The zero-order valence-corrected chi connectivity index (χ0v) is 16.6. The number of para-hydroxylation sites is 1. The Hall–Kier alpha value is -2.75. The third-order valence-corrected chi connectivity index (χ3v) is 4.78. The van der Waals surface area contributed by atoms with Gasteiger partial charge in [0.15, 0.2) is 9.84 Å². The first-order chi connectivity index (χ1) is 13.5. The van der Waals surface area contributed by atoms with E-state index >= 15 is 0 Å². The van der Waals surface area contributed by atoms with Crippen LogP contribution in [0.25, 0.3) is 0 Å². The van der Waals surface area contributed by atoms with Gasteiger partial charge in [-0.1, -0.05) is 24.3 Å². The molecule has 0 aliphatic heterocycles. The molecule has 29 heavy (non-hydrogen) atoms. The molecule has 7 nitrogen and oxygen atoms in total. The summed E-state index contributed by atoms with van der Waals surface area (Å²) in [6, 6.07) is 8.29. The number of benzene rings is 1. The smallest absolute Gasteiger partial charge is 0.319 e. The van der Waals surface area contributed by atoms with Crippen molar-refractivity contribution in [1.29, 1.82) is 0 Å². The summed E-state index contributed by atoms with van der Waals surface area (Å²) in [6.45, 7) is 0.610. The SMILES string of the molecule is CC(F)(F)c1nc(Oc2ccccc2)c(NC(=O)[C@H](/C=C/S(C)(=O)=O)C2CC2)o1. The highest BCUT2D eigenvalue weighted by molar-refractivity contribution is 7.93. The van der Waals surface area contributed by atoms with Crippen molar-refractivity contribution in [2.24, 2.45) is 11.8 Å². The number of anilines is 1. The van der Waals surface area contributed by atoms with Gasteiger partial charge >= 0.3 is 5.92 Å². The van der Waals surface area contributed by atoms with E-state index in [1.54, 1.807) is 30.3 Å². The van der Waals surface area contributed by atoms with Crippen molar-refractivity contribution in [3.63, 3.8) is 0 Å². The molecule has 1 heterocycles. The number of halogens is 2. The lowest BCUT2D eigenvalue weighted by atomic mass is 10.0. The van der Waals surface area contributed by atoms with Crippen LogP contribution in [0.4, 0.5) is 14.7 Å². The minimum absolute atomic E-state index is 0.0264. The Kier molecular flexibility index (Phi) is 5.74. The first-order valence-electron chi connectivity index (χ1n) is 8.84. The fourth-order valence-electron chi connectivity index (χ4n) is 2.58. The molecule has 1 aromatic carbocycles. The number of aromatic nitrogens is 1. The van der Waals surface area contributed by atoms with Gasteiger partial charge in [-0.25, -0.2) is 8.42 Å². The standard InChI is InChI=1S/C19H20F2N2O5S/c1-19(20,21)18-23-17(27-13-6-4-3-5-7-13)16(28-18)22-15(24)14(12-8-9-12)10-11-29(2,25)26/h3-7,10-12,14H,8-9H2,1-2H3,(H,22,24)/b11-10+/t14-/m1/s1. The lowest BCUT2D eigenvalue weighted by Crippen LogP contribution is -2.23. The van der Waals surface area contributed by atoms with E-state index in [0.29, 0.717) is 12.7 Å². The number of amides is 1. The van der Waals surface area contributed by atoms with E-state index in [1.807, 2.05) is 0 Å². The molecule has 10 heteroatoms. The molecule has 2 aromatic rings. The van der Waals surface area contributed by atoms with Crippen molar-refractivity contribution in [1.82, 2.24) is 4.98 Å². The molecule has 1 N–H and O–H groups in total. The zero-order chi connectivity index (χ0) is 21.2. The second-order valence-corrected chi connectivity index (χ2v) is 8.90. The van der Waals surface area contributed by atoms with Crippen LogP contribution in [0.2, 0.25) is 0 Å². The summed E-state index contributed by atoms with van der Waals surface area (Å²) in [6.07, 6.45) is 3.83. The molecular formula is C19H20F2N2O5S. The molecule has 1 aromatic heterocycles. The fraction of sp³-hybridized carbons (Fsp3) is 0.368. The van der Waals surface area contributed by atoms with Crippen molar-refractivity contribution in [2.75, 3.05) is 11.6 Å². The molecule has 1 saturated carbocycles. The molecule has 0 bridgehead atoms. The van der Waals surface area contributed by atoms with Crippen molar-refractivity contribution in [2.45, 2.75) is 25.7 Å². The van der Waals surface area contributed by atoms with E-state index in [9.17, 15) is 22.0 Å². The maximum absolute atomic E-state index is 13.7. The van der Waals surface area contributed by atoms with E-state index in [-0.39, 0.29) is 17.7 Å². The molecule has 0 spiro atoms. The largest absolute Gasteiger partial charge is 0.435 e. The quantitative estimate of drug-likeness (QED) is 0.682. The summed E-state index contributed by atoms with van der Waals surface area (Å²) in [4.78, 5) is 16.4. The number of carbonyl (C=O) groups excluding carboxylic acids is 1. The molecule has 1 amide bonds. The normalized spacial score (nSPS) is 16.0. The van der Waals surface area contributed by atoms with E-state index in [0.717, 1.165) is 24.5 Å². The number of hydrogen-bond acceptors (Lipinski definition) is 6. The van der Waals surface area contributed by atoms with Crippen LogP contribution in [0, 0.1) is 11.8 Å². The van der Waals surface area contributed by atoms with Gasteiger partial charge in [0.1, 0.15) is 5.75 Å². The maximum atomic E-state index is 13.7. The van der Waals surface area contributed by atoms with Gasteiger partial charge in [0.25, 0.3) is 17.7 Å². The first kappa shape index (κ1) is 21.0. The number of ether oxygens (including phenoxy) is 1. The third kappa shape index (κ3) is 5.86. The monoisotopic (exact) mass is 426 g/mol. The lowest BCUT2D eigenvalue weighted by molar-refractivity contribution is -0.119. The number of oxazole rings is 1. The van der Waals surface area contributed by atoms with E-state index < -0.39 is 33.5 Å². The number of alkyl halides is 2. The highest BCUT2D eigenvalue weighted by atomic mass is 32.2. The Bertz CT molecular complexity index is 1010. The van der Waals surface area contributed by atoms with Gasteiger partial charge in [-0.2, -0.15) is 13.8 Å². The van der Waals surface area contributed by atoms with Crippen LogP contribution in [0.5, 0.6) is 11.6 Å². The first-order valence-corrected chi connectivity index (χ1v) is 10.8. The molecule has 0 saturated heterocycles. The molecule has 156 valence electrons. The predicted octanol–water partition coefficient (Wildman–Crippen LogP) is 4.10. The highest BCUT2D eigenvalue weighted by Gasteiger charge is 2.37. The Morgan fingerprint density at radius 1 is 1.34 bits per heavy atom. The number of sulfone groups is 1. The summed E-state index contributed by atoms with van der Waals surface area (Å²) in [7, 11) is -3.42. The predicted molar refractivity (Wildman–Crippen MR) is 101 cm³/mol. The Labute approximate surface area is 166 Å². The van der Waals surface area contributed by atoms with Crippen LogP contribution in [0.3, 0.4) is 0 Å². The lowest BCUT2D eigenvalue weighted by Gasteiger charge is -2.11. The minimum atomic E-state index is -3.42. The highest BCUT2D eigenvalue weighted by Crippen LogP contribution is 2.40. The average Bonchev–Trinajstić information content (AvgIpc) is 3.36. The van der Waals surface area contributed by atoms with Crippen molar-refractivity contribution in [3.05, 3.63) is 47.7 Å². The third-order valence-electron chi connectivity index (χ3n) is 4.13. The second-order valence-electron chi connectivity index (χ2n) is 6.97. The van der Waals surface area contributed by atoms with Gasteiger partial charge in [-0.15, -0.1) is 0 Å². The number of nitrogens with one attached hydrogen (secondary N) is 1. The van der Waals surface area contributed by atoms with Gasteiger partial charge < -0.3 is 9.15 Å². The Morgan fingerprint density at radius 3 is 2.55 bits per heavy atom. The number of nitrogens with zero attached hydrogens (tertiary/aromatic N) is 1. The molecule has 1 aliphatic carbocycles. The Morgan fingerprint density at radius 2 is 2.00 bits per heavy atom. The molecular weight excluding hydrogens is 406 g/mol. The zero-order valence-electron chi connectivity index (χ0n) is 15.8. The van der Waals surface area contributed by atoms with Crippen LogP contribution in [-0.2, 0) is 20.6 Å².